The van der Waals surface area contributed by atoms with E-state index in [4.69, 9.17) is 9.84 Å². The molecule has 212 valence electrons. The van der Waals surface area contributed by atoms with Crippen LogP contribution in [0.2, 0.25) is 0 Å². The summed E-state index contributed by atoms with van der Waals surface area (Å²) in [6, 6.07) is 5.45. The zero-order valence-electron chi connectivity index (χ0n) is 23.3. The summed E-state index contributed by atoms with van der Waals surface area (Å²) < 4.78 is 5.61. The van der Waals surface area contributed by atoms with Crippen molar-refractivity contribution in [1.29, 1.82) is 0 Å². The number of carbonyl (C=O) groups is 3. The third kappa shape index (κ3) is 7.91. The Morgan fingerprint density at radius 1 is 1.11 bits per heavy atom. The molecule has 0 spiro atoms. The van der Waals surface area contributed by atoms with Gasteiger partial charge in [0.05, 0.1) is 18.6 Å². The topological polar surface area (TPSA) is 114 Å². The second kappa shape index (κ2) is 14.5. The molecular weight excluding hydrogens is 486 g/mol. The van der Waals surface area contributed by atoms with Gasteiger partial charge in [0.15, 0.2) is 0 Å². The fraction of sp³-hybridized carbons (Fsp3) is 0.679. The molecule has 2 aliphatic heterocycles. The molecule has 0 aromatic heterocycles. The Morgan fingerprint density at radius 2 is 1.82 bits per heavy atom. The normalized spacial score (nSPS) is 23.1. The Labute approximate surface area is 226 Å². The number of benzene rings is 1. The second-order valence-electron chi connectivity index (χ2n) is 10.9. The molecule has 3 N–H and O–H groups in total. The third-order valence-electron chi connectivity index (χ3n) is 7.24. The summed E-state index contributed by atoms with van der Waals surface area (Å²) in [6.07, 6.45) is 4.42. The monoisotopic (exact) mass is 531 g/mol. The molecule has 3 rings (SSSR count). The van der Waals surface area contributed by atoms with E-state index in [0.717, 1.165) is 44.3 Å². The fourth-order valence-electron chi connectivity index (χ4n) is 5.37. The Kier molecular flexibility index (Phi) is 11.4. The number of piperazine rings is 1. The van der Waals surface area contributed by atoms with E-state index in [-0.39, 0.29) is 37.4 Å². The van der Waals surface area contributed by atoms with Gasteiger partial charge in [-0.15, -0.1) is 0 Å². The Balaban J connectivity index is 1.81. The molecule has 10 nitrogen and oxygen atoms in total. The van der Waals surface area contributed by atoms with E-state index in [0.29, 0.717) is 18.7 Å². The van der Waals surface area contributed by atoms with Crippen molar-refractivity contribution in [3.8, 4) is 5.75 Å². The summed E-state index contributed by atoms with van der Waals surface area (Å²) >= 11 is 0. The average molecular weight is 532 g/mol. The highest BCUT2D eigenvalue weighted by Crippen LogP contribution is 2.44. The molecule has 0 unspecified atom stereocenters. The molecular formula is C28H45N5O5. The molecule has 2 saturated heterocycles. The quantitative estimate of drug-likeness (QED) is 0.289. The number of unbranched alkanes of at least 4 members (excludes halogenated alkanes) is 2. The van der Waals surface area contributed by atoms with Gasteiger partial charge in [0, 0.05) is 6.54 Å². The summed E-state index contributed by atoms with van der Waals surface area (Å²) in [7, 11) is 8.07. The molecule has 4 atom stereocenters. The van der Waals surface area contributed by atoms with Crippen LogP contribution in [0.1, 0.15) is 50.1 Å². The van der Waals surface area contributed by atoms with Crippen molar-refractivity contribution in [2.24, 2.45) is 5.92 Å². The molecule has 2 heterocycles. The summed E-state index contributed by atoms with van der Waals surface area (Å²) in [5.41, 5.74) is 0.755. The summed E-state index contributed by atoms with van der Waals surface area (Å²) in [4.78, 5) is 46.2. The lowest BCUT2D eigenvalue weighted by Gasteiger charge is -2.38. The van der Waals surface area contributed by atoms with Crippen LogP contribution < -0.4 is 15.4 Å². The van der Waals surface area contributed by atoms with E-state index < -0.39 is 24.0 Å². The largest absolute Gasteiger partial charge is 0.491 e. The second-order valence-corrected chi connectivity index (χ2v) is 10.9. The molecule has 2 fully saturated rings. The molecule has 0 radical (unpaired) electrons. The first kappa shape index (κ1) is 29.9. The van der Waals surface area contributed by atoms with Gasteiger partial charge < -0.3 is 35.2 Å². The molecule has 0 saturated carbocycles. The number of hydrogen-bond donors (Lipinski definition) is 3. The van der Waals surface area contributed by atoms with Gasteiger partial charge in [-0.25, -0.2) is 0 Å². The lowest BCUT2D eigenvalue weighted by Crippen LogP contribution is -2.61. The zero-order chi connectivity index (χ0) is 27.7. The summed E-state index contributed by atoms with van der Waals surface area (Å²) in [5, 5.41) is 15.1. The minimum Gasteiger partial charge on any atom is -0.491 e. The number of aliphatic hydroxyl groups excluding tert-OH is 1. The van der Waals surface area contributed by atoms with Crippen LogP contribution in [0.25, 0.3) is 0 Å². The van der Waals surface area contributed by atoms with Gasteiger partial charge in [0.1, 0.15) is 24.4 Å². The van der Waals surface area contributed by atoms with Crippen LogP contribution in [0, 0.1) is 5.92 Å². The lowest BCUT2D eigenvalue weighted by molar-refractivity contribution is -0.149. The van der Waals surface area contributed by atoms with Crippen molar-refractivity contribution >= 4 is 17.7 Å². The maximum Gasteiger partial charge on any atom is 0.246 e. The van der Waals surface area contributed by atoms with Crippen molar-refractivity contribution in [2.75, 3.05) is 61.0 Å². The van der Waals surface area contributed by atoms with Crippen molar-refractivity contribution in [3.05, 3.63) is 29.8 Å². The molecule has 1 aromatic carbocycles. The van der Waals surface area contributed by atoms with E-state index >= 15 is 0 Å². The molecule has 0 bridgehead atoms. The highest BCUT2D eigenvalue weighted by Gasteiger charge is 2.54. The minimum absolute atomic E-state index is 0.116. The Hall–Kier alpha value is -2.69. The van der Waals surface area contributed by atoms with E-state index in [2.05, 4.69) is 20.4 Å². The van der Waals surface area contributed by atoms with Crippen LogP contribution in [0.15, 0.2) is 24.3 Å². The van der Waals surface area contributed by atoms with Gasteiger partial charge >= 0.3 is 0 Å². The molecule has 0 aliphatic carbocycles. The van der Waals surface area contributed by atoms with Gasteiger partial charge in [-0.05, 0) is 97.5 Å². The van der Waals surface area contributed by atoms with Crippen LogP contribution in [-0.2, 0) is 14.4 Å². The van der Waals surface area contributed by atoms with Crippen LogP contribution in [0.3, 0.4) is 0 Å². The summed E-state index contributed by atoms with van der Waals surface area (Å²) in [6.45, 7) is 2.45. The van der Waals surface area contributed by atoms with Gasteiger partial charge in [-0.1, -0.05) is 12.1 Å². The number of rotatable bonds is 15. The zero-order valence-corrected chi connectivity index (χ0v) is 23.3. The Morgan fingerprint density at radius 3 is 2.50 bits per heavy atom. The van der Waals surface area contributed by atoms with Gasteiger partial charge in [-0.3, -0.25) is 14.4 Å². The smallest absolute Gasteiger partial charge is 0.246 e. The molecule has 1 aromatic rings. The average Bonchev–Trinajstić information content (AvgIpc) is 3.29. The maximum atomic E-state index is 13.8. The third-order valence-corrected chi connectivity index (χ3v) is 7.24. The number of fused-ring (bicyclic) bond motifs is 1. The standard InChI is InChI=1S/C28H45N5O5/c1-31(2)14-7-5-12-23-28(37)33-24(27(36)30-23)19-22(26(35)29-13-6-8-15-32(3)4)25(33)20-10-9-11-21(18-20)38-17-16-34/h9-11,18,22-25,34H,5-8,12-17,19H2,1-4H3,(H,29,35)(H,30,36)/t22-,23-,24-,25-/m0/s1. The van der Waals surface area contributed by atoms with Gasteiger partial charge in [0.2, 0.25) is 17.7 Å². The number of ether oxygens (including phenoxy) is 1. The number of hydrogen-bond acceptors (Lipinski definition) is 7. The molecule has 2 aliphatic rings. The van der Waals surface area contributed by atoms with Crippen LogP contribution in [0.4, 0.5) is 0 Å². The maximum absolute atomic E-state index is 13.8. The van der Waals surface area contributed by atoms with Crippen LogP contribution in [-0.4, -0.2) is 111 Å². The number of nitrogens with zero attached hydrogens (tertiary/aromatic N) is 3. The number of amides is 3. The number of nitrogens with one attached hydrogen (secondary N) is 2. The Bertz CT molecular complexity index is 940. The predicted molar refractivity (Wildman–Crippen MR) is 146 cm³/mol. The first-order chi connectivity index (χ1) is 18.2. The van der Waals surface area contributed by atoms with Crippen LogP contribution >= 0.6 is 0 Å². The van der Waals surface area contributed by atoms with E-state index in [1.807, 2.05) is 46.4 Å². The lowest BCUT2D eigenvalue weighted by atomic mass is 9.92. The van der Waals surface area contributed by atoms with Crippen molar-refractivity contribution in [3.63, 3.8) is 0 Å². The van der Waals surface area contributed by atoms with Crippen molar-refractivity contribution in [1.82, 2.24) is 25.3 Å². The van der Waals surface area contributed by atoms with E-state index in [1.165, 1.54) is 0 Å². The molecule has 38 heavy (non-hydrogen) atoms. The van der Waals surface area contributed by atoms with Gasteiger partial charge in [0.25, 0.3) is 0 Å². The van der Waals surface area contributed by atoms with Crippen molar-refractivity contribution in [2.45, 2.75) is 56.7 Å². The summed E-state index contributed by atoms with van der Waals surface area (Å²) in [5.74, 6) is -0.464. The molecule has 3 amide bonds. The van der Waals surface area contributed by atoms with Gasteiger partial charge in [-0.2, -0.15) is 0 Å². The van der Waals surface area contributed by atoms with Crippen LogP contribution in [0.5, 0.6) is 5.75 Å². The fourth-order valence-corrected chi connectivity index (χ4v) is 5.37. The highest BCUT2D eigenvalue weighted by molar-refractivity contribution is 5.99. The molecule has 10 heteroatoms. The van der Waals surface area contributed by atoms with E-state index in [9.17, 15) is 14.4 Å². The van der Waals surface area contributed by atoms with E-state index in [1.54, 1.807) is 11.0 Å². The first-order valence-corrected chi connectivity index (χ1v) is 13.8. The number of carbonyl (C=O) groups excluding carboxylic acids is 3. The SMILES string of the molecule is CN(C)CCCCNC(=O)[C@H]1C[C@H]2C(=O)N[C@@H](CCCCN(C)C)C(=O)N2[C@H]1c1cccc(OCCO)c1. The number of aliphatic hydroxyl groups is 1. The van der Waals surface area contributed by atoms with Crippen molar-refractivity contribution < 1.29 is 24.2 Å². The highest BCUT2D eigenvalue weighted by atomic mass is 16.5. The first-order valence-electron chi connectivity index (χ1n) is 13.8. The predicted octanol–water partition coefficient (Wildman–Crippen LogP) is 1.00. The minimum atomic E-state index is -0.683.